The van der Waals surface area contributed by atoms with Gasteiger partial charge in [-0.2, -0.15) is 18.9 Å². The van der Waals surface area contributed by atoms with Crippen molar-refractivity contribution in [3.63, 3.8) is 0 Å². The molecule has 3 aromatic rings. The maximum Gasteiger partial charge on any atom is 0.322 e. The number of sulfonamides is 1. The molecule has 0 radical (unpaired) electrons. The van der Waals surface area contributed by atoms with Crippen molar-refractivity contribution < 1.29 is 17.5 Å². The summed E-state index contributed by atoms with van der Waals surface area (Å²) in [6.07, 6.45) is 0. The van der Waals surface area contributed by atoms with Gasteiger partial charge in [-0.25, -0.2) is 13.6 Å². The largest absolute Gasteiger partial charge is 0.467 e. The molecule has 24 heavy (non-hydrogen) atoms. The van der Waals surface area contributed by atoms with E-state index >= 15 is 0 Å². The number of methoxy groups -OCH3 is 1. The molecule has 0 saturated heterocycles. The van der Waals surface area contributed by atoms with Crippen molar-refractivity contribution in [2.75, 3.05) is 7.11 Å². The fraction of sp³-hybridized carbons (Fsp3) is 0.0833. The van der Waals surface area contributed by atoms with Crippen molar-refractivity contribution >= 4 is 38.9 Å². The predicted octanol–water partition coefficient (Wildman–Crippen LogP) is 1.89. The number of hydrogen-bond donors (Lipinski definition) is 1. The van der Waals surface area contributed by atoms with Crippen molar-refractivity contribution in [3.05, 3.63) is 34.2 Å². The zero-order valence-corrected chi connectivity index (χ0v) is 14.2. The summed E-state index contributed by atoms with van der Waals surface area (Å²) in [6, 6.07) is 4.22. The van der Waals surface area contributed by atoms with Crippen molar-refractivity contribution in [3.8, 4) is 17.1 Å². The Bertz CT molecular complexity index is 1050. The number of nitrogens with two attached hydrogens (primary N) is 1. The van der Waals surface area contributed by atoms with Crippen LogP contribution in [-0.4, -0.2) is 35.1 Å². The molecule has 8 nitrogen and oxygen atoms in total. The van der Waals surface area contributed by atoms with E-state index in [1.165, 1.54) is 19.2 Å². The predicted molar refractivity (Wildman–Crippen MR) is 84.1 cm³/mol. The van der Waals surface area contributed by atoms with Crippen LogP contribution in [0.2, 0.25) is 10.0 Å². The minimum absolute atomic E-state index is 0.0897. The molecule has 0 unspecified atom stereocenters. The van der Waals surface area contributed by atoms with Gasteiger partial charge < -0.3 is 4.74 Å². The quantitative estimate of drug-likeness (QED) is 0.682. The number of nitrogens with zero attached hydrogens (tertiary/aromatic N) is 4. The Morgan fingerprint density at radius 1 is 1.21 bits per heavy atom. The van der Waals surface area contributed by atoms with Crippen molar-refractivity contribution in [2.45, 2.75) is 5.16 Å². The van der Waals surface area contributed by atoms with Crippen molar-refractivity contribution in [1.82, 2.24) is 19.6 Å². The van der Waals surface area contributed by atoms with Gasteiger partial charge in [0.15, 0.2) is 5.65 Å². The van der Waals surface area contributed by atoms with E-state index in [4.69, 9.17) is 33.1 Å². The Morgan fingerprint density at radius 2 is 1.83 bits per heavy atom. The first-order chi connectivity index (χ1) is 11.2. The van der Waals surface area contributed by atoms with Gasteiger partial charge in [-0.05, 0) is 12.1 Å². The molecule has 0 amide bonds. The fourth-order valence-electron chi connectivity index (χ4n) is 2.07. The van der Waals surface area contributed by atoms with Gasteiger partial charge >= 0.3 is 6.01 Å². The second-order valence-electron chi connectivity index (χ2n) is 4.54. The lowest BCUT2D eigenvalue weighted by atomic mass is 10.1. The first-order valence-corrected chi connectivity index (χ1v) is 8.51. The number of fused-ring (bicyclic) bond motifs is 1. The maximum atomic E-state index is 14.5. The Balaban J connectivity index is 2.49. The Labute approximate surface area is 145 Å². The molecule has 0 saturated carbocycles. The van der Waals surface area contributed by atoms with Crippen LogP contribution in [0.3, 0.4) is 0 Å². The number of ether oxygens (including phenoxy) is 1. The third-order valence-electron chi connectivity index (χ3n) is 3.04. The minimum Gasteiger partial charge on any atom is -0.467 e. The van der Waals surface area contributed by atoms with Gasteiger partial charge in [-0.15, -0.1) is 5.10 Å². The Morgan fingerprint density at radius 3 is 2.38 bits per heavy atom. The molecule has 0 aliphatic carbocycles. The first kappa shape index (κ1) is 16.8. The summed E-state index contributed by atoms with van der Waals surface area (Å²) in [5, 5.41) is 8.24. The molecule has 0 aliphatic rings. The van der Waals surface area contributed by atoms with E-state index in [0.29, 0.717) is 0 Å². The van der Waals surface area contributed by atoms with Crippen LogP contribution >= 0.6 is 23.2 Å². The number of halogens is 3. The Kier molecular flexibility index (Phi) is 4.08. The molecule has 126 valence electrons. The molecule has 0 atom stereocenters. The first-order valence-electron chi connectivity index (χ1n) is 6.21. The summed E-state index contributed by atoms with van der Waals surface area (Å²) in [5.74, 6) is -1.01. The third-order valence-corrected chi connectivity index (χ3v) is 4.35. The summed E-state index contributed by atoms with van der Waals surface area (Å²) in [4.78, 5) is 7.37. The van der Waals surface area contributed by atoms with Crippen LogP contribution in [0, 0.1) is 5.95 Å². The van der Waals surface area contributed by atoms with Gasteiger partial charge in [0, 0.05) is 5.56 Å². The molecule has 2 N–H and O–H groups in total. The van der Waals surface area contributed by atoms with Crippen LogP contribution in [-0.2, 0) is 10.0 Å². The molecular weight excluding hydrogens is 384 g/mol. The molecule has 2 aromatic heterocycles. The smallest absolute Gasteiger partial charge is 0.322 e. The van der Waals surface area contributed by atoms with Crippen molar-refractivity contribution in [1.29, 1.82) is 0 Å². The van der Waals surface area contributed by atoms with Gasteiger partial charge in [0.05, 0.1) is 22.7 Å². The van der Waals surface area contributed by atoms with Gasteiger partial charge in [0.1, 0.15) is 0 Å². The molecule has 0 aliphatic heterocycles. The zero-order valence-electron chi connectivity index (χ0n) is 11.9. The monoisotopic (exact) mass is 391 g/mol. The van der Waals surface area contributed by atoms with E-state index in [1.807, 2.05) is 0 Å². The highest BCUT2D eigenvalue weighted by molar-refractivity contribution is 7.89. The molecular formula is C12H8Cl2FN5O3S. The van der Waals surface area contributed by atoms with Gasteiger partial charge in [-0.3, -0.25) is 0 Å². The van der Waals surface area contributed by atoms with E-state index in [2.05, 4.69) is 15.1 Å². The van der Waals surface area contributed by atoms with Crippen LogP contribution in [0.4, 0.5) is 4.39 Å². The van der Waals surface area contributed by atoms with E-state index in [0.717, 1.165) is 4.52 Å². The molecule has 12 heteroatoms. The van der Waals surface area contributed by atoms with Gasteiger partial charge in [0.2, 0.25) is 5.95 Å². The van der Waals surface area contributed by atoms with Gasteiger partial charge in [0.25, 0.3) is 15.2 Å². The molecule has 1 aromatic carbocycles. The average Bonchev–Trinajstić information content (AvgIpc) is 2.93. The summed E-state index contributed by atoms with van der Waals surface area (Å²) in [5.41, 5.74) is -0.348. The lowest BCUT2D eigenvalue weighted by molar-refractivity contribution is 0.356. The van der Waals surface area contributed by atoms with Gasteiger partial charge in [-0.1, -0.05) is 29.3 Å². The van der Waals surface area contributed by atoms with E-state index in [1.54, 1.807) is 6.07 Å². The summed E-state index contributed by atoms with van der Waals surface area (Å²) >= 11 is 12.2. The normalized spacial score (nSPS) is 11.9. The molecule has 2 heterocycles. The van der Waals surface area contributed by atoms with E-state index in [9.17, 15) is 12.8 Å². The molecule has 0 bridgehead atoms. The lowest BCUT2D eigenvalue weighted by Gasteiger charge is -2.10. The lowest BCUT2D eigenvalue weighted by Crippen LogP contribution is -2.14. The minimum atomic E-state index is -4.24. The fourth-order valence-corrected chi connectivity index (χ4v) is 3.07. The highest BCUT2D eigenvalue weighted by atomic mass is 35.5. The van der Waals surface area contributed by atoms with E-state index in [-0.39, 0.29) is 32.8 Å². The SMILES string of the molecule is COc1nc(F)c(-c2c(Cl)cccc2Cl)c2nc(S(N)(=O)=O)nn12. The number of benzene rings is 1. The number of primary sulfonamides is 1. The average molecular weight is 392 g/mol. The third kappa shape index (κ3) is 2.67. The number of aromatic nitrogens is 4. The van der Waals surface area contributed by atoms with E-state index < -0.39 is 21.1 Å². The Hall–Kier alpha value is -2.01. The second kappa shape index (κ2) is 5.81. The standard InChI is InChI=1S/C12H8Cl2FN5O3S/c1-23-12-17-9(15)8(7-5(13)3-2-4-6(7)14)10-18-11(19-20(10)12)24(16,21)22/h2-4H,1H3,(H2,16,21,22). The molecule has 0 fully saturated rings. The molecule has 0 spiro atoms. The highest BCUT2D eigenvalue weighted by Crippen LogP contribution is 2.38. The molecule has 3 rings (SSSR count). The zero-order chi connectivity index (χ0) is 17.6. The van der Waals surface area contributed by atoms with Crippen LogP contribution in [0.25, 0.3) is 16.8 Å². The topological polar surface area (TPSA) is 112 Å². The summed E-state index contributed by atoms with van der Waals surface area (Å²) in [7, 11) is -3.03. The van der Waals surface area contributed by atoms with Crippen molar-refractivity contribution in [2.24, 2.45) is 5.14 Å². The van der Waals surface area contributed by atoms with Crippen LogP contribution in [0.1, 0.15) is 0 Å². The number of hydrogen-bond acceptors (Lipinski definition) is 6. The number of rotatable bonds is 3. The van der Waals surface area contributed by atoms with Crippen LogP contribution in [0.5, 0.6) is 6.01 Å². The van der Waals surface area contributed by atoms with Crippen LogP contribution < -0.4 is 9.88 Å². The highest BCUT2D eigenvalue weighted by Gasteiger charge is 2.26. The summed E-state index contributed by atoms with van der Waals surface area (Å²) in [6.45, 7) is 0. The second-order valence-corrected chi connectivity index (χ2v) is 6.81. The maximum absolute atomic E-state index is 14.5. The van der Waals surface area contributed by atoms with Crippen LogP contribution in [0.15, 0.2) is 23.4 Å². The summed E-state index contributed by atoms with van der Waals surface area (Å²) < 4.78 is 43.3.